The summed E-state index contributed by atoms with van der Waals surface area (Å²) in [6, 6.07) is 15.2. The molecule has 0 aliphatic carbocycles. The van der Waals surface area contributed by atoms with Gasteiger partial charge in [-0.25, -0.2) is 8.42 Å². The maximum absolute atomic E-state index is 13.0. The molecule has 1 atom stereocenters. The van der Waals surface area contributed by atoms with Crippen LogP contribution in [0.4, 0.5) is 0 Å². The second-order valence-corrected chi connectivity index (χ2v) is 8.42. The van der Waals surface area contributed by atoms with Gasteiger partial charge in [0, 0.05) is 17.0 Å². The number of aryl methyl sites for hydroxylation is 1. The maximum Gasteiger partial charge on any atom is 0.243 e. The molecule has 5 heteroatoms. The van der Waals surface area contributed by atoms with Gasteiger partial charge in [-0.3, -0.25) is 0 Å². The van der Waals surface area contributed by atoms with Crippen molar-refractivity contribution in [3.8, 4) is 0 Å². The number of fused-ring (bicyclic) bond motifs is 1. The molecule has 2 aromatic carbocycles. The van der Waals surface area contributed by atoms with Crippen LogP contribution in [0.3, 0.4) is 0 Å². The lowest BCUT2D eigenvalue weighted by molar-refractivity contribution is 0.316. The zero-order chi connectivity index (χ0) is 15.7. The van der Waals surface area contributed by atoms with Crippen molar-refractivity contribution in [1.29, 1.82) is 0 Å². The summed E-state index contributed by atoms with van der Waals surface area (Å²) in [4.78, 5) is 0.382. The Kier molecular flexibility index (Phi) is 4.56. The molecule has 1 heterocycles. The fourth-order valence-corrected chi connectivity index (χ4v) is 5.48. The second-order valence-electron chi connectivity index (χ2n) is 5.64. The van der Waals surface area contributed by atoms with E-state index in [-0.39, 0.29) is 6.04 Å². The topological polar surface area (TPSA) is 37.4 Å². The summed E-state index contributed by atoms with van der Waals surface area (Å²) in [5, 5.41) is 0. The lowest BCUT2D eigenvalue weighted by Gasteiger charge is -2.35. The Bertz CT molecular complexity index is 772. The van der Waals surface area contributed by atoms with Gasteiger partial charge in [-0.15, -0.1) is 0 Å². The highest BCUT2D eigenvalue weighted by atomic mass is 127. The number of hydrogen-bond donors (Lipinski definition) is 0. The summed E-state index contributed by atoms with van der Waals surface area (Å²) < 4.78 is 28.4. The molecule has 0 radical (unpaired) electrons. The highest BCUT2D eigenvalue weighted by Gasteiger charge is 2.34. The molecule has 0 unspecified atom stereocenters. The van der Waals surface area contributed by atoms with Crippen LogP contribution in [0.1, 0.15) is 16.7 Å². The highest BCUT2D eigenvalue weighted by molar-refractivity contribution is 14.1. The molecule has 116 valence electrons. The standard InChI is InChI=1S/C17H18INO2S/c1-13-6-8-17(9-7-13)22(20,21)19-12-15-5-3-2-4-14(15)10-16(19)11-18/h2-9,16H,10-12H2,1H3/t16-/m0/s1. The highest BCUT2D eigenvalue weighted by Crippen LogP contribution is 2.29. The fourth-order valence-electron chi connectivity index (χ4n) is 2.82. The molecule has 0 bridgehead atoms. The van der Waals surface area contributed by atoms with Crippen molar-refractivity contribution in [1.82, 2.24) is 4.31 Å². The number of nitrogens with zero attached hydrogens (tertiary/aromatic N) is 1. The molecule has 0 saturated carbocycles. The normalized spacial score (nSPS) is 18.9. The first kappa shape index (κ1) is 16.0. The molecule has 0 N–H and O–H groups in total. The van der Waals surface area contributed by atoms with Gasteiger partial charge in [0.2, 0.25) is 10.0 Å². The number of benzene rings is 2. The zero-order valence-electron chi connectivity index (χ0n) is 12.4. The summed E-state index contributed by atoms with van der Waals surface area (Å²) in [5.74, 6) is 0. The lowest BCUT2D eigenvalue weighted by Crippen LogP contribution is -2.45. The Morgan fingerprint density at radius 1 is 1.09 bits per heavy atom. The van der Waals surface area contributed by atoms with E-state index in [1.807, 2.05) is 37.3 Å². The minimum Gasteiger partial charge on any atom is -0.207 e. The number of halogens is 1. The summed E-state index contributed by atoms with van der Waals surface area (Å²) >= 11 is 2.28. The van der Waals surface area contributed by atoms with Gasteiger partial charge in [0.25, 0.3) is 0 Å². The van der Waals surface area contributed by atoms with Crippen LogP contribution < -0.4 is 0 Å². The first-order chi connectivity index (χ1) is 10.5. The zero-order valence-corrected chi connectivity index (χ0v) is 15.3. The molecule has 0 aromatic heterocycles. The molecule has 2 aromatic rings. The Balaban J connectivity index is 2.00. The van der Waals surface area contributed by atoms with Crippen molar-refractivity contribution in [2.75, 3.05) is 4.43 Å². The minimum absolute atomic E-state index is 0.0156. The lowest BCUT2D eigenvalue weighted by atomic mass is 9.97. The number of sulfonamides is 1. The third-order valence-electron chi connectivity index (χ3n) is 4.11. The number of rotatable bonds is 3. The molecule has 3 rings (SSSR count). The SMILES string of the molecule is Cc1ccc(S(=O)(=O)N2Cc3ccccc3C[C@H]2CI)cc1. The third-order valence-corrected chi connectivity index (χ3v) is 7.04. The van der Waals surface area contributed by atoms with E-state index in [2.05, 4.69) is 28.7 Å². The molecule has 0 amide bonds. The fraction of sp³-hybridized carbons (Fsp3) is 0.294. The Morgan fingerprint density at radius 2 is 1.73 bits per heavy atom. The van der Waals surface area contributed by atoms with Crippen molar-refractivity contribution < 1.29 is 8.42 Å². The molecule has 0 spiro atoms. The van der Waals surface area contributed by atoms with E-state index >= 15 is 0 Å². The minimum atomic E-state index is -3.45. The number of hydrogen-bond acceptors (Lipinski definition) is 2. The van der Waals surface area contributed by atoms with E-state index in [0.717, 1.165) is 22.0 Å². The molecule has 3 nitrogen and oxygen atoms in total. The maximum atomic E-state index is 13.0. The van der Waals surface area contributed by atoms with Crippen molar-refractivity contribution in [2.24, 2.45) is 0 Å². The molecule has 1 aliphatic rings. The summed E-state index contributed by atoms with van der Waals surface area (Å²) in [6.07, 6.45) is 0.782. The summed E-state index contributed by atoms with van der Waals surface area (Å²) in [6.45, 7) is 2.42. The van der Waals surface area contributed by atoms with Crippen molar-refractivity contribution in [2.45, 2.75) is 30.8 Å². The molecule has 22 heavy (non-hydrogen) atoms. The largest absolute Gasteiger partial charge is 0.243 e. The Labute approximate surface area is 145 Å². The predicted octanol–water partition coefficient (Wildman–Crippen LogP) is 3.55. The third kappa shape index (κ3) is 2.94. The molecule has 0 fully saturated rings. The van der Waals surface area contributed by atoms with Crippen LogP contribution in [-0.4, -0.2) is 23.2 Å². The molecular formula is C17H18INO2S. The van der Waals surface area contributed by atoms with Gasteiger partial charge in [0.05, 0.1) is 4.90 Å². The average Bonchev–Trinajstić information content (AvgIpc) is 2.54. The van der Waals surface area contributed by atoms with E-state index in [4.69, 9.17) is 0 Å². The van der Waals surface area contributed by atoms with Crippen molar-refractivity contribution in [3.05, 3.63) is 65.2 Å². The summed E-state index contributed by atoms with van der Waals surface area (Å²) in [7, 11) is -3.45. The molecule has 0 saturated heterocycles. The Hall–Kier alpha value is -0.920. The smallest absolute Gasteiger partial charge is 0.207 e. The van der Waals surface area contributed by atoms with Gasteiger partial charge in [-0.05, 0) is 36.6 Å². The van der Waals surface area contributed by atoms with Crippen molar-refractivity contribution >= 4 is 32.6 Å². The van der Waals surface area contributed by atoms with Crippen LogP contribution in [0.15, 0.2) is 53.4 Å². The monoisotopic (exact) mass is 427 g/mol. The van der Waals surface area contributed by atoms with Crippen LogP contribution in [0.25, 0.3) is 0 Å². The molecular weight excluding hydrogens is 409 g/mol. The Morgan fingerprint density at radius 3 is 2.36 bits per heavy atom. The van der Waals surface area contributed by atoms with Crippen molar-refractivity contribution in [3.63, 3.8) is 0 Å². The van der Waals surface area contributed by atoms with E-state index in [0.29, 0.717) is 11.4 Å². The molecule has 1 aliphatic heterocycles. The van der Waals surface area contributed by atoms with Crippen LogP contribution >= 0.6 is 22.6 Å². The van der Waals surface area contributed by atoms with Crippen LogP contribution in [0, 0.1) is 6.92 Å². The van der Waals surface area contributed by atoms with Gasteiger partial charge >= 0.3 is 0 Å². The average molecular weight is 427 g/mol. The van der Waals surface area contributed by atoms with Crippen LogP contribution in [0.5, 0.6) is 0 Å². The number of alkyl halides is 1. The first-order valence-corrected chi connectivity index (χ1v) is 10.2. The second kappa shape index (κ2) is 6.29. The summed E-state index contributed by atoms with van der Waals surface area (Å²) in [5.41, 5.74) is 3.44. The first-order valence-electron chi connectivity index (χ1n) is 7.23. The van der Waals surface area contributed by atoms with Crippen LogP contribution in [0.2, 0.25) is 0 Å². The van der Waals surface area contributed by atoms with Gasteiger partial charge in [0.15, 0.2) is 0 Å². The van der Waals surface area contributed by atoms with Gasteiger partial charge in [-0.1, -0.05) is 64.6 Å². The van der Waals surface area contributed by atoms with E-state index < -0.39 is 10.0 Å². The van der Waals surface area contributed by atoms with Crippen LogP contribution in [-0.2, 0) is 23.0 Å². The van der Waals surface area contributed by atoms with E-state index in [9.17, 15) is 8.42 Å². The van der Waals surface area contributed by atoms with E-state index in [1.165, 1.54) is 5.56 Å². The van der Waals surface area contributed by atoms with Gasteiger partial charge in [0.1, 0.15) is 0 Å². The predicted molar refractivity (Wildman–Crippen MR) is 96.7 cm³/mol. The van der Waals surface area contributed by atoms with Gasteiger partial charge in [-0.2, -0.15) is 4.31 Å². The van der Waals surface area contributed by atoms with Gasteiger partial charge < -0.3 is 0 Å². The quantitative estimate of drug-likeness (QED) is 0.555. The van der Waals surface area contributed by atoms with E-state index in [1.54, 1.807) is 16.4 Å².